The standard InChI is InChI=1S/C21H31ClN5O8P/c1-21(9-28,36(31,32)33)34-8-14-15(29)16(30)19(35-14)27-18-12(7-23-27)17(25-20(22)26-18)24-13-6-5-10-3-2-4-11(10)13/h7,10-11,13-16,19,28-30H,2-6,8-9H2,1H3,(H,24,25,26)(H2,31,32,33)/t10-,11-,13-,14+,15+,16+,19+,21?/m0/s1. The van der Waals surface area contributed by atoms with Crippen LogP contribution in [-0.2, 0) is 14.0 Å². The van der Waals surface area contributed by atoms with Crippen molar-refractivity contribution in [2.24, 2.45) is 11.8 Å². The van der Waals surface area contributed by atoms with Crippen LogP contribution < -0.4 is 5.32 Å². The lowest BCUT2D eigenvalue weighted by atomic mass is 9.97. The Morgan fingerprint density at radius 2 is 2.03 bits per heavy atom. The molecule has 2 aliphatic carbocycles. The molecule has 2 saturated carbocycles. The molecule has 200 valence electrons. The normalized spacial score (nSPS) is 34.2. The number of hydrogen-bond donors (Lipinski definition) is 6. The predicted molar refractivity (Wildman–Crippen MR) is 127 cm³/mol. The van der Waals surface area contributed by atoms with Gasteiger partial charge in [-0.2, -0.15) is 15.1 Å². The van der Waals surface area contributed by atoms with Crippen LogP contribution in [0.25, 0.3) is 11.0 Å². The first-order valence-electron chi connectivity index (χ1n) is 12.0. The third-order valence-corrected chi connectivity index (χ3v) is 9.55. The van der Waals surface area contributed by atoms with Crippen LogP contribution in [0.1, 0.15) is 45.3 Å². The van der Waals surface area contributed by atoms with Gasteiger partial charge in [-0.15, -0.1) is 0 Å². The Balaban J connectivity index is 1.36. The van der Waals surface area contributed by atoms with E-state index in [1.807, 2.05) is 0 Å². The molecule has 15 heteroatoms. The van der Waals surface area contributed by atoms with Crippen molar-refractivity contribution in [3.8, 4) is 0 Å². The van der Waals surface area contributed by atoms with E-state index in [-0.39, 0.29) is 11.3 Å². The molecular weight excluding hydrogens is 517 g/mol. The molecule has 1 unspecified atom stereocenters. The lowest BCUT2D eigenvalue weighted by molar-refractivity contribution is -0.104. The molecule has 13 nitrogen and oxygen atoms in total. The molecule has 0 spiro atoms. The van der Waals surface area contributed by atoms with Gasteiger partial charge >= 0.3 is 7.60 Å². The van der Waals surface area contributed by atoms with Crippen LogP contribution in [0, 0.1) is 11.8 Å². The highest BCUT2D eigenvalue weighted by molar-refractivity contribution is 7.53. The summed E-state index contributed by atoms with van der Waals surface area (Å²) in [4.78, 5) is 27.6. The van der Waals surface area contributed by atoms with Gasteiger partial charge < -0.3 is 39.9 Å². The first kappa shape index (κ1) is 26.2. The maximum absolute atomic E-state index is 11.7. The highest BCUT2D eigenvalue weighted by Crippen LogP contribution is 2.51. The van der Waals surface area contributed by atoms with Crippen LogP contribution >= 0.6 is 19.2 Å². The molecule has 0 radical (unpaired) electrons. The van der Waals surface area contributed by atoms with Crippen molar-refractivity contribution < 1.29 is 39.1 Å². The molecule has 0 amide bonds. The number of aromatic nitrogens is 4. The maximum atomic E-state index is 11.7. The summed E-state index contributed by atoms with van der Waals surface area (Å²) >= 11 is 6.23. The molecular formula is C21H31ClN5O8P. The van der Waals surface area contributed by atoms with Crippen LogP contribution in [0.3, 0.4) is 0 Å². The predicted octanol–water partition coefficient (Wildman–Crippen LogP) is 0.992. The minimum atomic E-state index is -4.83. The Morgan fingerprint density at radius 1 is 1.25 bits per heavy atom. The summed E-state index contributed by atoms with van der Waals surface area (Å²) in [5.74, 6) is 1.87. The van der Waals surface area contributed by atoms with Crippen molar-refractivity contribution in [2.75, 3.05) is 18.5 Å². The van der Waals surface area contributed by atoms with Crippen molar-refractivity contribution in [3.63, 3.8) is 0 Å². The molecule has 3 heterocycles. The van der Waals surface area contributed by atoms with E-state index < -0.39 is 50.7 Å². The monoisotopic (exact) mass is 547 g/mol. The van der Waals surface area contributed by atoms with Gasteiger partial charge in [0.2, 0.25) is 5.28 Å². The summed E-state index contributed by atoms with van der Waals surface area (Å²) in [5.41, 5.74) is 0.298. The Kier molecular flexibility index (Phi) is 7.07. The topological polar surface area (TPSA) is 192 Å². The molecule has 2 aromatic rings. The van der Waals surface area contributed by atoms with E-state index in [1.54, 1.807) is 0 Å². The van der Waals surface area contributed by atoms with E-state index in [0.29, 0.717) is 22.8 Å². The van der Waals surface area contributed by atoms with E-state index in [0.717, 1.165) is 19.3 Å². The number of ether oxygens (including phenoxy) is 2. The Bertz CT molecular complexity index is 1160. The van der Waals surface area contributed by atoms with E-state index in [4.69, 9.17) is 21.1 Å². The van der Waals surface area contributed by atoms with Gasteiger partial charge in [0.1, 0.15) is 24.1 Å². The number of aliphatic hydroxyl groups excluding tert-OH is 3. The Labute approximate surface area is 211 Å². The first-order chi connectivity index (χ1) is 17.0. The third-order valence-electron chi connectivity index (χ3n) is 7.88. The second-order valence-corrected chi connectivity index (χ2v) is 12.5. The second kappa shape index (κ2) is 9.72. The summed E-state index contributed by atoms with van der Waals surface area (Å²) in [5, 5.41) is 36.9. The summed E-state index contributed by atoms with van der Waals surface area (Å²) in [6.07, 6.45) is 2.22. The number of anilines is 1. The van der Waals surface area contributed by atoms with Crippen molar-refractivity contribution >= 4 is 36.0 Å². The van der Waals surface area contributed by atoms with Gasteiger partial charge in [0, 0.05) is 6.04 Å². The number of hydrogen-bond acceptors (Lipinski definition) is 10. The summed E-state index contributed by atoms with van der Waals surface area (Å²) < 4.78 is 24.0. The third kappa shape index (κ3) is 4.55. The zero-order chi connectivity index (χ0) is 25.8. The van der Waals surface area contributed by atoms with Crippen LogP contribution in [0.5, 0.6) is 0 Å². The molecule has 1 aliphatic heterocycles. The number of halogens is 1. The van der Waals surface area contributed by atoms with Gasteiger partial charge in [-0.3, -0.25) is 4.57 Å². The minimum Gasteiger partial charge on any atom is -0.393 e. The van der Waals surface area contributed by atoms with E-state index in [2.05, 4.69) is 20.4 Å². The van der Waals surface area contributed by atoms with Crippen LogP contribution in [0.15, 0.2) is 6.20 Å². The van der Waals surface area contributed by atoms with Gasteiger partial charge in [-0.25, -0.2) is 4.68 Å². The molecule has 0 bridgehead atoms. The molecule has 5 rings (SSSR count). The zero-order valence-electron chi connectivity index (χ0n) is 19.6. The van der Waals surface area contributed by atoms with Crippen molar-refractivity contribution in [3.05, 3.63) is 11.5 Å². The summed E-state index contributed by atoms with van der Waals surface area (Å²) in [6, 6.07) is 0.279. The van der Waals surface area contributed by atoms with Gasteiger partial charge in [0.25, 0.3) is 0 Å². The molecule has 6 N–H and O–H groups in total. The number of nitrogens with one attached hydrogen (secondary N) is 1. The van der Waals surface area contributed by atoms with Crippen LogP contribution in [0.2, 0.25) is 5.28 Å². The van der Waals surface area contributed by atoms with Crippen molar-refractivity contribution in [1.29, 1.82) is 0 Å². The van der Waals surface area contributed by atoms with Gasteiger partial charge in [0.05, 0.1) is 24.8 Å². The molecule has 36 heavy (non-hydrogen) atoms. The number of fused-ring (bicyclic) bond motifs is 2. The molecule has 1 saturated heterocycles. The number of nitrogens with zero attached hydrogens (tertiary/aromatic N) is 4. The van der Waals surface area contributed by atoms with E-state index in [9.17, 15) is 29.7 Å². The van der Waals surface area contributed by atoms with Crippen molar-refractivity contribution in [1.82, 2.24) is 19.7 Å². The largest absolute Gasteiger partial charge is 0.393 e. The highest BCUT2D eigenvalue weighted by Gasteiger charge is 2.49. The molecule has 0 aromatic carbocycles. The van der Waals surface area contributed by atoms with Crippen molar-refractivity contribution in [2.45, 2.75) is 75.0 Å². The fourth-order valence-electron chi connectivity index (χ4n) is 5.66. The number of aliphatic hydroxyl groups is 3. The van der Waals surface area contributed by atoms with Gasteiger partial charge in [-0.1, -0.05) is 12.8 Å². The fourth-order valence-corrected chi connectivity index (χ4v) is 6.26. The van der Waals surface area contributed by atoms with Gasteiger partial charge in [0.15, 0.2) is 17.2 Å². The minimum absolute atomic E-state index is 0.0130. The van der Waals surface area contributed by atoms with Gasteiger partial charge in [-0.05, 0) is 49.6 Å². The van der Waals surface area contributed by atoms with Crippen LogP contribution in [0.4, 0.5) is 5.82 Å². The molecule has 3 fully saturated rings. The summed E-state index contributed by atoms with van der Waals surface area (Å²) in [6.45, 7) is -0.401. The zero-order valence-corrected chi connectivity index (χ0v) is 21.3. The number of rotatable bonds is 8. The molecule has 3 aliphatic rings. The quantitative estimate of drug-likeness (QED) is 0.203. The first-order valence-corrected chi connectivity index (χ1v) is 14.0. The Hall–Kier alpha value is -1.41. The molecule has 8 atom stereocenters. The fraction of sp³-hybridized carbons (Fsp3) is 0.762. The maximum Gasteiger partial charge on any atom is 0.359 e. The highest BCUT2D eigenvalue weighted by atomic mass is 35.5. The average molecular weight is 548 g/mol. The lowest BCUT2D eigenvalue weighted by Crippen LogP contribution is -2.39. The average Bonchev–Trinajstić information content (AvgIpc) is 3.58. The van der Waals surface area contributed by atoms with Crippen LogP contribution in [-0.4, -0.2) is 87.8 Å². The lowest BCUT2D eigenvalue weighted by Gasteiger charge is -2.29. The molecule has 2 aromatic heterocycles. The Morgan fingerprint density at radius 3 is 2.75 bits per heavy atom. The summed E-state index contributed by atoms with van der Waals surface area (Å²) in [7, 11) is -4.83. The smallest absolute Gasteiger partial charge is 0.359 e. The van der Waals surface area contributed by atoms with E-state index in [1.165, 1.54) is 36.6 Å². The van der Waals surface area contributed by atoms with E-state index >= 15 is 0 Å². The SMILES string of the molecule is CC(CO)(OC[C@H]1O[C@@H](n2ncc3c(N[C@H]4CC[C@@H]5CCC[C@@H]54)nc(Cl)nc32)[C@H](O)[C@@H]1O)P(=O)(O)O. The second-order valence-electron chi connectivity index (χ2n) is 10.1.